The van der Waals surface area contributed by atoms with Gasteiger partial charge in [-0.1, -0.05) is 30.0 Å². The van der Waals surface area contributed by atoms with Crippen LogP contribution in [0.15, 0.2) is 30.3 Å². The topological polar surface area (TPSA) is 67.2 Å². The van der Waals surface area contributed by atoms with Crippen LogP contribution in [0, 0.1) is 18.8 Å². The van der Waals surface area contributed by atoms with Crippen molar-refractivity contribution >= 4 is 5.91 Å². The van der Waals surface area contributed by atoms with Gasteiger partial charge in [-0.05, 0) is 24.6 Å². The quantitative estimate of drug-likeness (QED) is 0.826. The molecule has 2 rings (SSSR count). The van der Waals surface area contributed by atoms with Crippen molar-refractivity contribution in [2.45, 2.75) is 13.5 Å². The molecular formula is C16H17N3O2. The molecule has 1 aromatic heterocycles. The van der Waals surface area contributed by atoms with Gasteiger partial charge in [-0.25, -0.2) is 0 Å². The standard InChI is InChI=1S/C16H17N3O2/c1-12-10-15(19(2)18-12)16(21)17-11-14-7-4-3-6-13(14)8-5-9-20/h3-4,6-7,10,20H,9,11H2,1-2H3,(H,17,21). The van der Waals surface area contributed by atoms with Crippen LogP contribution in [0.25, 0.3) is 0 Å². The molecule has 2 aromatic rings. The number of aryl methyl sites for hydroxylation is 2. The molecule has 0 radical (unpaired) electrons. The number of aromatic nitrogens is 2. The molecule has 1 aromatic carbocycles. The number of aliphatic hydroxyl groups excluding tert-OH is 1. The summed E-state index contributed by atoms with van der Waals surface area (Å²) in [6.45, 7) is 2.03. The van der Waals surface area contributed by atoms with Crippen LogP contribution in [-0.2, 0) is 13.6 Å². The molecule has 1 heterocycles. The Kier molecular flexibility index (Phi) is 4.75. The van der Waals surface area contributed by atoms with Gasteiger partial charge in [0.15, 0.2) is 0 Å². The Bertz CT molecular complexity index is 708. The number of carbonyl (C=O) groups excluding carboxylic acids is 1. The van der Waals surface area contributed by atoms with Gasteiger partial charge >= 0.3 is 0 Å². The van der Waals surface area contributed by atoms with Crippen LogP contribution < -0.4 is 5.32 Å². The van der Waals surface area contributed by atoms with E-state index in [1.165, 1.54) is 0 Å². The monoisotopic (exact) mass is 283 g/mol. The van der Waals surface area contributed by atoms with E-state index >= 15 is 0 Å². The van der Waals surface area contributed by atoms with E-state index in [4.69, 9.17) is 5.11 Å². The Balaban J connectivity index is 2.10. The molecule has 0 atom stereocenters. The highest BCUT2D eigenvalue weighted by molar-refractivity contribution is 5.92. The number of rotatable bonds is 3. The van der Waals surface area contributed by atoms with Gasteiger partial charge in [-0.15, -0.1) is 0 Å². The van der Waals surface area contributed by atoms with E-state index < -0.39 is 0 Å². The molecule has 0 aliphatic rings. The molecule has 0 aliphatic carbocycles. The predicted octanol–water partition coefficient (Wildman–Crippen LogP) is 1.00. The molecule has 0 saturated heterocycles. The van der Waals surface area contributed by atoms with E-state index in [9.17, 15) is 4.79 Å². The van der Waals surface area contributed by atoms with Crippen molar-refractivity contribution in [3.63, 3.8) is 0 Å². The van der Waals surface area contributed by atoms with Gasteiger partial charge < -0.3 is 10.4 Å². The average molecular weight is 283 g/mol. The van der Waals surface area contributed by atoms with Crippen molar-refractivity contribution in [3.8, 4) is 11.8 Å². The highest BCUT2D eigenvalue weighted by atomic mass is 16.2. The van der Waals surface area contributed by atoms with Crippen molar-refractivity contribution in [3.05, 3.63) is 52.8 Å². The highest BCUT2D eigenvalue weighted by Gasteiger charge is 2.11. The molecule has 0 unspecified atom stereocenters. The predicted molar refractivity (Wildman–Crippen MR) is 79.5 cm³/mol. The number of aliphatic hydroxyl groups is 1. The number of benzene rings is 1. The fourth-order valence-corrected chi connectivity index (χ4v) is 2.02. The third kappa shape index (κ3) is 3.71. The molecular weight excluding hydrogens is 266 g/mol. The second-order valence-electron chi connectivity index (χ2n) is 4.59. The van der Waals surface area contributed by atoms with E-state index in [0.29, 0.717) is 12.2 Å². The van der Waals surface area contributed by atoms with Crippen LogP contribution in [0.3, 0.4) is 0 Å². The second kappa shape index (κ2) is 6.73. The molecule has 5 nitrogen and oxygen atoms in total. The van der Waals surface area contributed by atoms with Crippen molar-refractivity contribution in [2.24, 2.45) is 7.05 Å². The number of nitrogens with zero attached hydrogens (tertiary/aromatic N) is 2. The molecule has 108 valence electrons. The van der Waals surface area contributed by atoms with Crippen LogP contribution in [0.2, 0.25) is 0 Å². The molecule has 21 heavy (non-hydrogen) atoms. The summed E-state index contributed by atoms with van der Waals surface area (Å²) in [6.07, 6.45) is 0. The van der Waals surface area contributed by atoms with Gasteiger partial charge in [0, 0.05) is 19.2 Å². The van der Waals surface area contributed by atoms with E-state index in [0.717, 1.165) is 16.8 Å². The van der Waals surface area contributed by atoms with Crippen LogP contribution in [-0.4, -0.2) is 27.4 Å². The first-order valence-corrected chi connectivity index (χ1v) is 6.58. The first kappa shape index (κ1) is 14.8. The van der Waals surface area contributed by atoms with Crippen LogP contribution in [0.4, 0.5) is 0 Å². The lowest BCUT2D eigenvalue weighted by Gasteiger charge is -2.07. The molecule has 0 bridgehead atoms. The minimum atomic E-state index is -0.186. The lowest BCUT2D eigenvalue weighted by molar-refractivity contribution is 0.0941. The molecule has 2 N–H and O–H groups in total. The lowest BCUT2D eigenvalue weighted by atomic mass is 10.1. The van der Waals surface area contributed by atoms with Gasteiger partial charge in [-0.2, -0.15) is 5.10 Å². The van der Waals surface area contributed by atoms with Gasteiger partial charge in [-0.3, -0.25) is 9.48 Å². The fourth-order valence-electron chi connectivity index (χ4n) is 2.02. The average Bonchev–Trinajstić information content (AvgIpc) is 2.82. The Labute approximate surface area is 123 Å². The first-order valence-electron chi connectivity index (χ1n) is 6.58. The summed E-state index contributed by atoms with van der Waals surface area (Å²) in [7, 11) is 1.74. The van der Waals surface area contributed by atoms with Gasteiger partial charge in [0.25, 0.3) is 5.91 Å². The number of carbonyl (C=O) groups is 1. The molecule has 5 heteroatoms. The van der Waals surface area contributed by atoms with E-state index in [-0.39, 0.29) is 12.5 Å². The van der Waals surface area contributed by atoms with Crippen molar-refractivity contribution in [2.75, 3.05) is 6.61 Å². The summed E-state index contributed by atoms with van der Waals surface area (Å²) in [6, 6.07) is 9.26. The molecule has 0 spiro atoms. The van der Waals surface area contributed by atoms with Crippen molar-refractivity contribution in [1.82, 2.24) is 15.1 Å². The van der Waals surface area contributed by atoms with E-state index in [1.54, 1.807) is 17.8 Å². The minimum Gasteiger partial charge on any atom is -0.384 e. The lowest BCUT2D eigenvalue weighted by Crippen LogP contribution is -2.25. The zero-order valence-corrected chi connectivity index (χ0v) is 12.1. The first-order chi connectivity index (χ1) is 10.1. The summed E-state index contributed by atoms with van der Waals surface area (Å²) in [4.78, 5) is 12.1. The highest BCUT2D eigenvalue weighted by Crippen LogP contribution is 2.08. The van der Waals surface area contributed by atoms with Crippen LogP contribution in [0.1, 0.15) is 27.3 Å². The van der Waals surface area contributed by atoms with Gasteiger partial charge in [0.2, 0.25) is 0 Å². The normalized spacial score (nSPS) is 9.86. The maximum absolute atomic E-state index is 12.1. The van der Waals surface area contributed by atoms with Crippen molar-refractivity contribution in [1.29, 1.82) is 0 Å². The largest absolute Gasteiger partial charge is 0.384 e. The van der Waals surface area contributed by atoms with Gasteiger partial charge in [0.05, 0.1) is 5.69 Å². The number of hydrogen-bond acceptors (Lipinski definition) is 3. The smallest absolute Gasteiger partial charge is 0.269 e. The van der Waals surface area contributed by atoms with Crippen molar-refractivity contribution < 1.29 is 9.90 Å². The number of hydrogen-bond donors (Lipinski definition) is 2. The maximum atomic E-state index is 12.1. The Morgan fingerprint density at radius 3 is 2.86 bits per heavy atom. The van der Waals surface area contributed by atoms with E-state index in [2.05, 4.69) is 22.3 Å². The minimum absolute atomic E-state index is 0.178. The van der Waals surface area contributed by atoms with E-state index in [1.807, 2.05) is 31.2 Å². The van der Waals surface area contributed by atoms with Gasteiger partial charge in [0.1, 0.15) is 12.3 Å². The summed E-state index contributed by atoms with van der Waals surface area (Å²) in [5.41, 5.74) is 3.03. The summed E-state index contributed by atoms with van der Waals surface area (Å²) < 4.78 is 1.56. The number of nitrogens with one attached hydrogen (secondary N) is 1. The van der Waals surface area contributed by atoms with Crippen LogP contribution >= 0.6 is 0 Å². The third-order valence-electron chi connectivity index (χ3n) is 2.99. The Morgan fingerprint density at radius 1 is 1.43 bits per heavy atom. The fraction of sp³-hybridized carbons (Fsp3) is 0.250. The SMILES string of the molecule is Cc1cc(C(=O)NCc2ccccc2C#CCO)n(C)n1. The summed E-state index contributed by atoms with van der Waals surface area (Å²) in [5, 5.41) is 15.8. The molecule has 1 amide bonds. The third-order valence-corrected chi connectivity index (χ3v) is 2.99. The molecule has 0 fully saturated rings. The Hall–Kier alpha value is -2.58. The maximum Gasteiger partial charge on any atom is 0.269 e. The number of amides is 1. The second-order valence-corrected chi connectivity index (χ2v) is 4.59. The Morgan fingerprint density at radius 2 is 2.19 bits per heavy atom. The summed E-state index contributed by atoms with van der Waals surface area (Å²) in [5.74, 6) is 5.31. The zero-order valence-electron chi connectivity index (χ0n) is 12.1. The van der Waals surface area contributed by atoms with Crippen LogP contribution in [0.5, 0.6) is 0 Å². The molecule has 0 aliphatic heterocycles. The molecule has 0 saturated carbocycles. The zero-order chi connectivity index (χ0) is 15.2. The summed E-state index contributed by atoms with van der Waals surface area (Å²) >= 11 is 0.